The van der Waals surface area contributed by atoms with E-state index in [2.05, 4.69) is 0 Å². The van der Waals surface area contributed by atoms with Crippen LogP contribution in [0.2, 0.25) is 0 Å². The van der Waals surface area contributed by atoms with Crippen molar-refractivity contribution in [1.82, 2.24) is 0 Å². The van der Waals surface area contributed by atoms with Crippen LogP contribution < -0.4 is 16.2 Å². The Hall–Kier alpha value is -1.06. The molecule has 4 atom stereocenters. The second kappa shape index (κ2) is 5.14. The maximum Gasteiger partial charge on any atom is 0.119 e. The van der Waals surface area contributed by atoms with Crippen LogP contribution in [0.1, 0.15) is 32.1 Å². The Bertz CT molecular complexity index is 422. The molecule has 4 unspecified atom stereocenters. The maximum absolute atomic E-state index is 6.64. The zero-order valence-electron chi connectivity index (χ0n) is 11.4. The van der Waals surface area contributed by atoms with Crippen LogP contribution in [0.4, 0.5) is 0 Å². The number of nitrogens with two attached hydrogens (primary N) is 2. The summed E-state index contributed by atoms with van der Waals surface area (Å²) in [5.41, 5.74) is 12.8. The summed E-state index contributed by atoms with van der Waals surface area (Å²) in [6, 6.07) is 10.3. The molecule has 3 heteroatoms. The second-order valence-electron chi connectivity index (χ2n) is 6.16. The molecule has 4 N–H and O–H groups in total. The number of ether oxygens (including phenoxy) is 1. The standard InChI is InChI=1S/C16H24N2O/c17-15-11-12-7-8-14(15)16(12,18)9-4-10-19-13-5-2-1-3-6-13/h1-3,5-6,12,14-15H,4,7-11,17-18H2. The average Bonchev–Trinajstić information content (AvgIpc) is 2.86. The highest BCUT2D eigenvalue weighted by atomic mass is 16.5. The quantitative estimate of drug-likeness (QED) is 0.799. The lowest BCUT2D eigenvalue weighted by molar-refractivity contribution is 0.242. The molecule has 0 aliphatic heterocycles. The van der Waals surface area contributed by atoms with E-state index in [-0.39, 0.29) is 5.54 Å². The van der Waals surface area contributed by atoms with Crippen molar-refractivity contribution in [2.75, 3.05) is 6.61 Å². The molecule has 0 radical (unpaired) electrons. The van der Waals surface area contributed by atoms with Gasteiger partial charge in [-0.2, -0.15) is 0 Å². The molecular formula is C16H24N2O. The van der Waals surface area contributed by atoms with Crippen molar-refractivity contribution in [2.45, 2.75) is 43.7 Å². The average molecular weight is 260 g/mol. The first-order valence-corrected chi connectivity index (χ1v) is 7.42. The van der Waals surface area contributed by atoms with Gasteiger partial charge >= 0.3 is 0 Å². The smallest absolute Gasteiger partial charge is 0.119 e. The molecule has 0 heterocycles. The van der Waals surface area contributed by atoms with Gasteiger partial charge in [-0.05, 0) is 56.1 Å². The van der Waals surface area contributed by atoms with E-state index >= 15 is 0 Å². The molecular weight excluding hydrogens is 236 g/mol. The van der Waals surface area contributed by atoms with Crippen LogP contribution in [0, 0.1) is 11.8 Å². The molecule has 3 nitrogen and oxygen atoms in total. The Morgan fingerprint density at radius 3 is 2.63 bits per heavy atom. The highest BCUT2D eigenvalue weighted by Crippen LogP contribution is 2.52. The van der Waals surface area contributed by atoms with Gasteiger partial charge in [0.05, 0.1) is 6.61 Å². The second-order valence-corrected chi connectivity index (χ2v) is 6.16. The van der Waals surface area contributed by atoms with E-state index in [9.17, 15) is 0 Å². The van der Waals surface area contributed by atoms with Gasteiger partial charge < -0.3 is 16.2 Å². The van der Waals surface area contributed by atoms with Crippen molar-refractivity contribution in [1.29, 1.82) is 0 Å². The molecule has 0 saturated heterocycles. The van der Waals surface area contributed by atoms with Crippen molar-refractivity contribution in [3.8, 4) is 5.75 Å². The molecule has 2 bridgehead atoms. The third-order valence-electron chi connectivity index (χ3n) is 5.12. The van der Waals surface area contributed by atoms with Crippen molar-refractivity contribution in [2.24, 2.45) is 23.3 Å². The first-order valence-electron chi connectivity index (χ1n) is 7.42. The fraction of sp³-hybridized carbons (Fsp3) is 0.625. The summed E-state index contributed by atoms with van der Waals surface area (Å²) in [7, 11) is 0. The Kier molecular flexibility index (Phi) is 3.50. The van der Waals surface area contributed by atoms with E-state index in [0.717, 1.165) is 31.6 Å². The molecule has 3 rings (SSSR count). The van der Waals surface area contributed by atoms with Crippen molar-refractivity contribution in [3.05, 3.63) is 30.3 Å². The molecule has 104 valence electrons. The third-order valence-corrected chi connectivity index (χ3v) is 5.12. The minimum atomic E-state index is -0.0144. The molecule has 2 aliphatic rings. The highest BCUT2D eigenvalue weighted by Gasteiger charge is 2.54. The van der Waals surface area contributed by atoms with Crippen LogP contribution in [0.25, 0.3) is 0 Å². The Morgan fingerprint density at radius 2 is 2.00 bits per heavy atom. The molecule has 19 heavy (non-hydrogen) atoms. The monoisotopic (exact) mass is 260 g/mol. The SMILES string of the molecule is NC1CC2CCC1C2(N)CCCOc1ccccc1. The number of para-hydroxylation sites is 1. The Morgan fingerprint density at radius 1 is 1.21 bits per heavy atom. The Labute approximate surface area is 115 Å². The van der Waals surface area contributed by atoms with Crippen molar-refractivity contribution < 1.29 is 4.74 Å². The van der Waals surface area contributed by atoms with Crippen LogP contribution in [-0.4, -0.2) is 18.2 Å². The summed E-state index contributed by atoms with van der Waals surface area (Å²) in [6.07, 6.45) is 5.69. The van der Waals surface area contributed by atoms with E-state index in [0.29, 0.717) is 17.9 Å². The van der Waals surface area contributed by atoms with E-state index in [1.165, 1.54) is 12.8 Å². The number of benzene rings is 1. The number of hydrogen-bond acceptors (Lipinski definition) is 3. The summed E-state index contributed by atoms with van der Waals surface area (Å²) in [6.45, 7) is 0.748. The van der Waals surface area contributed by atoms with Crippen LogP contribution >= 0.6 is 0 Å². The van der Waals surface area contributed by atoms with Gasteiger partial charge in [-0.25, -0.2) is 0 Å². The molecule has 2 aliphatic carbocycles. The van der Waals surface area contributed by atoms with Crippen LogP contribution in [0.3, 0.4) is 0 Å². The molecule has 0 aromatic heterocycles. The predicted octanol–water partition coefficient (Wildman–Crippen LogP) is 2.30. The zero-order chi connectivity index (χ0) is 13.3. The van der Waals surface area contributed by atoms with Crippen LogP contribution in [0.5, 0.6) is 5.75 Å². The van der Waals surface area contributed by atoms with Gasteiger partial charge in [0, 0.05) is 11.6 Å². The fourth-order valence-corrected chi connectivity index (χ4v) is 4.14. The Balaban J connectivity index is 1.48. The number of hydrogen-bond donors (Lipinski definition) is 2. The van der Waals surface area contributed by atoms with Gasteiger partial charge in [-0.15, -0.1) is 0 Å². The molecule has 2 saturated carbocycles. The topological polar surface area (TPSA) is 61.3 Å². The molecule has 1 aromatic carbocycles. The summed E-state index contributed by atoms with van der Waals surface area (Å²) in [5, 5.41) is 0. The first kappa shape index (κ1) is 12.9. The van der Waals surface area contributed by atoms with Gasteiger partial charge in [-0.1, -0.05) is 18.2 Å². The lowest BCUT2D eigenvalue weighted by Crippen LogP contribution is -2.47. The lowest BCUT2D eigenvalue weighted by Gasteiger charge is -2.30. The zero-order valence-corrected chi connectivity index (χ0v) is 11.4. The van der Waals surface area contributed by atoms with Gasteiger partial charge in [0.25, 0.3) is 0 Å². The summed E-state index contributed by atoms with van der Waals surface area (Å²) >= 11 is 0. The highest BCUT2D eigenvalue weighted by molar-refractivity contribution is 5.20. The van der Waals surface area contributed by atoms with Gasteiger partial charge in [-0.3, -0.25) is 0 Å². The molecule has 2 fully saturated rings. The van der Waals surface area contributed by atoms with Crippen LogP contribution in [0.15, 0.2) is 30.3 Å². The van der Waals surface area contributed by atoms with Crippen molar-refractivity contribution >= 4 is 0 Å². The maximum atomic E-state index is 6.64. The summed E-state index contributed by atoms with van der Waals surface area (Å²) in [5.74, 6) is 2.12. The summed E-state index contributed by atoms with van der Waals surface area (Å²) in [4.78, 5) is 0. The first-order chi connectivity index (χ1) is 9.20. The predicted molar refractivity (Wildman–Crippen MR) is 76.9 cm³/mol. The van der Waals surface area contributed by atoms with Gasteiger partial charge in [0.2, 0.25) is 0 Å². The van der Waals surface area contributed by atoms with Gasteiger partial charge in [0.15, 0.2) is 0 Å². The van der Waals surface area contributed by atoms with Gasteiger partial charge in [0.1, 0.15) is 5.75 Å². The van der Waals surface area contributed by atoms with E-state index in [1.54, 1.807) is 0 Å². The molecule has 0 amide bonds. The summed E-state index contributed by atoms with van der Waals surface area (Å²) < 4.78 is 5.74. The molecule has 1 aromatic rings. The minimum Gasteiger partial charge on any atom is -0.494 e. The number of rotatable bonds is 5. The van der Waals surface area contributed by atoms with E-state index < -0.39 is 0 Å². The lowest BCUT2D eigenvalue weighted by atomic mass is 9.83. The minimum absolute atomic E-state index is 0.0144. The van der Waals surface area contributed by atoms with E-state index in [4.69, 9.17) is 16.2 Å². The number of fused-ring (bicyclic) bond motifs is 2. The van der Waals surface area contributed by atoms with E-state index in [1.807, 2.05) is 30.3 Å². The van der Waals surface area contributed by atoms with Crippen molar-refractivity contribution in [3.63, 3.8) is 0 Å². The largest absolute Gasteiger partial charge is 0.494 e. The fourth-order valence-electron chi connectivity index (χ4n) is 4.14. The molecule has 0 spiro atoms. The third kappa shape index (κ3) is 2.37. The normalized spacial score (nSPS) is 36.6. The van der Waals surface area contributed by atoms with Crippen LogP contribution in [-0.2, 0) is 0 Å².